The summed E-state index contributed by atoms with van der Waals surface area (Å²) < 4.78 is 18.0. The Labute approximate surface area is 92.3 Å². The third-order valence-corrected chi connectivity index (χ3v) is 2.18. The molecule has 0 saturated heterocycles. The topological polar surface area (TPSA) is 38.7 Å². The lowest BCUT2D eigenvalue weighted by molar-refractivity contribution is -0.139. The minimum absolute atomic E-state index is 0.0598. The molecule has 4 heteroatoms. The van der Waals surface area contributed by atoms with Crippen LogP contribution in [0.2, 0.25) is 0 Å². The van der Waals surface area contributed by atoms with Crippen LogP contribution in [0.1, 0.15) is 5.56 Å². The van der Waals surface area contributed by atoms with Crippen LogP contribution in [0.4, 0.5) is 4.39 Å². The SMILES string of the molecule is O=C(OCc1ccccc1)C1=C(F)CN=C1. The predicted octanol–water partition coefficient (Wildman–Crippen LogP) is 2.04. The Morgan fingerprint density at radius 1 is 1.38 bits per heavy atom. The van der Waals surface area contributed by atoms with Gasteiger partial charge >= 0.3 is 5.97 Å². The molecule has 1 aromatic carbocycles. The average molecular weight is 219 g/mol. The Morgan fingerprint density at radius 3 is 2.75 bits per heavy atom. The van der Waals surface area contributed by atoms with Crippen LogP contribution >= 0.6 is 0 Å². The summed E-state index contributed by atoms with van der Waals surface area (Å²) in [6.07, 6.45) is 1.21. The zero-order valence-corrected chi connectivity index (χ0v) is 8.52. The number of esters is 1. The van der Waals surface area contributed by atoms with E-state index in [0.29, 0.717) is 0 Å². The average Bonchev–Trinajstić information content (AvgIpc) is 2.74. The third-order valence-electron chi connectivity index (χ3n) is 2.18. The molecule has 0 spiro atoms. The van der Waals surface area contributed by atoms with E-state index in [1.165, 1.54) is 6.21 Å². The fourth-order valence-corrected chi connectivity index (χ4v) is 1.34. The van der Waals surface area contributed by atoms with E-state index in [-0.39, 0.29) is 18.7 Å². The molecule has 2 rings (SSSR count). The van der Waals surface area contributed by atoms with Gasteiger partial charge in [-0.25, -0.2) is 9.18 Å². The molecule has 82 valence electrons. The van der Waals surface area contributed by atoms with Gasteiger partial charge in [-0.2, -0.15) is 0 Å². The van der Waals surface area contributed by atoms with Gasteiger partial charge in [0, 0.05) is 6.21 Å². The van der Waals surface area contributed by atoms with Crippen LogP contribution in [-0.2, 0) is 16.1 Å². The van der Waals surface area contributed by atoms with Crippen molar-refractivity contribution in [3.8, 4) is 0 Å². The molecule has 1 aliphatic heterocycles. The molecule has 0 aliphatic carbocycles. The van der Waals surface area contributed by atoms with E-state index in [4.69, 9.17) is 4.74 Å². The first-order valence-electron chi connectivity index (χ1n) is 4.87. The lowest BCUT2D eigenvalue weighted by Crippen LogP contribution is -2.08. The van der Waals surface area contributed by atoms with Crippen molar-refractivity contribution in [3.05, 3.63) is 47.3 Å². The van der Waals surface area contributed by atoms with E-state index in [9.17, 15) is 9.18 Å². The van der Waals surface area contributed by atoms with Gasteiger partial charge in [-0.1, -0.05) is 30.3 Å². The fourth-order valence-electron chi connectivity index (χ4n) is 1.34. The Morgan fingerprint density at radius 2 is 2.12 bits per heavy atom. The Kier molecular flexibility index (Phi) is 3.10. The summed E-state index contributed by atoms with van der Waals surface area (Å²) in [6.45, 7) is 0.0834. The first-order chi connectivity index (χ1) is 7.77. The van der Waals surface area contributed by atoms with E-state index >= 15 is 0 Å². The van der Waals surface area contributed by atoms with Gasteiger partial charge in [0.2, 0.25) is 0 Å². The Bertz CT molecular complexity index is 451. The van der Waals surface area contributed by atoms with E-state index in [1.807, 2.05) is 30.3 Å². The monoisotopic (exact) mass is 219 g/mol. The van der Waals surface area contributed by atoms with Crippen molar-refractivity contribution in [2.45, 2.75) is 6.61 Å². The Hall–Kier alpha value is -1.97. The molecule has 0 fully saturated rings. The molecule has 0 atom stereocenters. The number of hydrogen-bond acceptors (Lipinski definition) is 3. The minimum Gasteiger partial charge on any atom is -0.457 e. The van der Waals surface area contributed by atoms with Gasteiger partial charge in [-0.05, 0) is 5.56 Å². The number of halogens is 1. The largest absolute Gasteiger partial charge is 0.457 e. The van der Waals surface area contributed by atoms with Gasteiger partial charge in [-0.3, -0.25) is 4.99 Å². The highest BCUT2D eigenvalue weighted by Gasteiger charge is 2.18. The number of carbonyl (C=O) groups excluding carboxylic acids is 1. The number of aliphatic imine (C=N–C) groups is 1. The van der Waals surface area contributed by atoms with E-state index in [2.05, 4.69) is 4.99 Å². The van der Waals surface area contributed by atoms with Gasteiger partial charge in [0.05, 0.1) is 6.54 Å². The number of ether oxygens (including phenoxy) is 1. The number of rotatable bonds is 3. The van der Waals surface area contributed by atoms with Crippen LogP contribution in [0.5, 0.6) is 0 Å². The van der Waals surface area contributed by atoms with Crippen molar-refractivity contribution >= 4 is 12.2 Å². The molecule has 1 heterocycles. The highest BCUT2D eigenvalue weighted by Crippen LogP contribution is 2.13. The highest BCUT2D eigenvalue weighted by atomic mass is 19.1. The van der Waals surface area contributed by atoms with Crippen LogP contribution in [-0.4, -0.2) is 18.7 Å². The highest BCUT2D eigenvalue weighted by molar-refractivity contribution is 6.11. The second-order valence-corrected chi connectivity index (χ2v) is 3.35. The van der Waals surface area contributed by atoms with Crippen molar-refractivity contribution < 1.29 is 13.9 Å². The number of carbonyl (C=O) groups is 1. The van der Waals surface area contributed by atoms with E-state index < -0.39 is 11.8 Å². The zero-order chi connectivity index (χ0) is 11.4. The summed E-state index contributed by atoms with van der Waals surface area (Å²) in [6, 6.07) is 9.23. The van der Waals surface area contributed by atoms with Crippen LogP contribution in [0.3, 0.4) is 0 Å². The van der Waals surface area contributed by atoms with Gasteiger partial charge in [0.25, 0.3) is 0 Å². The fraction of sp³-hybridized carbons (Fsp3) is 0.167. The van der Waals surface area contributed by atoms with Gasteiger partial charge in [0.1, 0.15) is 18.0 Å². The van der Waals surface area contributed by atoms with Crippen LogP contribution in [0.25, 0.3) is 0 Å². The van der Waals surface area contributed by atoms with Crippen LogP contribution in [0, 0.1) is 0 Å². The zero-order valence-electron chi connectivity index (χ0n) is 8.52. The third kappa shape index (κ3) is 2.34. The second-order valence-electron chi connectivity index (χ2n) is 3.35. The molecule has 0 aromatic heterocycles. The molecule has 0 bridgehead atoms. The molecule has 0 amide bonds. The molecule has 3 nitrogen and oxygen atoms in total. The summed E-state index contributed by atoms with van der Waals surface area (Å²) in [5.41, 5.74) is 0.794. The molecule has 0 saturated carbocycles. The predicted molar refractivity (Wildman–Crippen MR) is 57.7 cm³/mol. The van der Waals surface area contributed by atoms with Gasteiger partial charge < -0.3 is 4.74 Å². The van der Waals surface area contributed by atoms with Crippen molar-refractivity contribution in [3.63, 3.8) is 0 Å². The molecular weight excluding hydrogens is 209 g/mol. The first-order valence-corrected chi connectivity index (χ1v) is 4.87. The standard InChI is InChI=1S/C12H10FNO2/c13-11-7-14-6-10(11)12(15)16-8-9-4-2-1-3-5-9/h1-6H,7-8H2. The number of hydrogen-bond donors (Lipinski definition) is 0. The van der Waals surface area contributed by atoms with Crippen LogP contribution in [0.15, 0.2) is 46.7 Å². The molecule has 16 heavy (non-hydrogen) atoms. The quantitative estimate of drug-likeness (QED) is 0.729. The molecule has 1 aliphatic rings. The van der Waals surface area contributed by atoms with Crippen molar-refractivity contribution in [2.24, 2.45) is 4.99 Å². The summed E-state index contributed by atoms with van der Waals surface area (Å²) >= 11 is 0. The maximum atomic E-state index is 13.0. The molecular formula is C12H10FNO2. The minimum atomic E-state index is -0.664. The summed E-state index contributed by atoms with van der Waals surface area (Å²) in [5, 5.41) is 0. The maximum Gasteiger partial charge on any atom is 0.342 e. The van der Waals surface area contributed by atoms with Crippen molar-refractivity contribution in [2.75, 3.05) is 6.54 Å². The molecule has 1 aromatic rings. The smallest absolute Gasteiger partial charge is 0.342 e. The molecule has 0 N–H and O–H groups in total. The van der Waals surface area contributed by atoms with E-state index in [1.54, 1.807) is 0 Å². The van der Waals surface area contributed by atoms with Crippen LogP contribution < -0.4 is 0 Å². The summed E-state index contributed by atoms with van der Waals surface area (Å²) in [4.78, 5) is 15.1. The number of nitrogens with zero attached hydrogens (tertiary/aromatic N) is 1. The summed E-state index contributed by atoms with van der Waals surface area (Å²) in [5.74, 6) is -1.19. The second kappa shape index (κ2) is 4.70. The normalized spacial score (nSPS) is 14.3. The molecule has 0 radical (unpaired) electrons. The van der Waals surface area contributed by atoms with Gasteiger partial charge in [0.15, 0.2) is 0 Å². The summed E-state index contributed by atoms with van der Waals surface area (Å²) in [7, 11) is 0. The lowest BCUT2D eigenvalue weighted by Gasteiger charge is -2.03. The molecule has 0 unspecified atom stereocenters. The van der Waals surface area contributed by atoms with Crippen molar-refractivity contribution in [1.29, 1.82) is 0 Å². The van der Waals surface area contributed by atoms with Crippen molar-refractivity contribution in [1.82, 2.24) is 0 Å². The van der Waals surface area contributed by atoms with E-state index in [0.717, 1.165) is 5.56 Å². The lowest BCUT2D eigenvalue weighted by atomic mass is 10.2. The maximum absolute atomic E-state index is 13.0. The van der Waals surface area contributed by atoms with Gasteiger partial charge in [-0.15, -0.1) is 0 Å². The number of benzene rings is 1. The first kappa shape index (κ1) is 10.5. The Balaban J connectivity index is 1.94.